The van der Waals surface area contributed by atoms with Crippen LogP contribution in [0.15, 0.2) is 17.1 Å². The summed E-state index contributed by atoms with van der Waals surface area (Å²) in [5.74, 6) is 0.398. The van der Waals surface area contributed by atoms with Crippen LogP contribution in [0.3, 0.4) is 0 Å². The molecule has 2 unspecified atom stereocenters. The number of nitrogens with one attached hydrogen (secondary N) is 1. The molecule has 0 bridgehead atoms. The molecule has 1 aromatic carbocycles. The topological polar surface area (TPSA) is 73.8 Å². The number of ether oxygens (including phenoxy) is 1. The largest absolute Gasteiger partial charge is 0.379 e. The van der Waals surface area contributed by atoms with Gasteiger partial charge >= 0.3 is 0 Å². The Kier molecular flexibility index (Phi) is 9.00. The number of nitrogens with zero attached hydrogens (tertiary/aromatic N) is 4. The number of benzene rings is 1. The van der Waals surface area contributed by atoms with E-state index in [-0.39, 0.29) is 11.5 Å². The van der Waals surface area contributed by atoms with Crippen LogP contribution < -0.4 is 4.90 Å². The molecule has 2 aliphatic rings. The Balaban J connectivity index is 1.76. The number of halogens is 2. The lowest BCUT2D eigenvalue weighted by atomic mass is 9.86. The number of H-pyrrole nitrogens is 1. The van der Waals surface area contributed by atoms with Crippen LogP contribution in [0.5, 0.6) is 0 Å². The zero-order chi connectivity index (χ0) is 27.6. The predicted molar refractivity (Wildman–Crippen MR) is 151 cm³/mol. The first kappa shape index (κ1) is 28.8. The minimum Gasteiger partial charge on any atom is -0.379 e. The van der Waals surface area contributed by atoms with Crippen LogP contribution in [0.4, 0.5) is 20.2 Å². The molecule has 1 aliphatic heterocycles. The standard InChI is InChI=1S/C28H40F2N5O2P/c1-6-7-24(26-21-14-17(2)8-9-23(21)32-33-26)31-25-16-20(15-22(18(25)3)28(29,30)38)34(5)27(36)19(4)35-10-12-37-13-11-35/h15-17,19H,6-14,38H2,1-5H3,(H,32,33)/t17-,19?/m1/s1. The summed E-state index contributed by atoms with van der Waals surface area (Å²) in [6.45, 7) is 10.3. The lowest BCUT2D eigenvalue weighted by molar-refractivity contribution is -0.124. The molecular formula is C28H40F2N5O2P. The van der Waals surface area contributed by atoms with Gasteiger partial charge in [0.1, 0.15) is 5.69 Å². The van der Waals surface area contributed by atoms with Crippen molar-refractivity contribution >= 4 is 32.2 Å². The van der Waals surface area contributed by atoms with Crippen molar-refractivity contribution in [1.82, 2.24) is 15.1 Å². The predicted octanol–water partition coefficient (Wildman–Crippen LogP) is 5.37. The van der Waals surface area contributed by atoms with E-state index in [9.17, 15) is 13.6 Å². The molecule has 2 heterocycles. The number of morpholine rings is 1. The van der Waals surface area contributed by atoms with Gasteiger partial charge in [0.2, 0.25) is 5.91 Å². The summed E-state index contributed by atoms with van der Waals surface area (Å²) in [4.78, 5) is 21.9. The van der Waals surface area contributed by atoms with Crippen molar-refractivity contribution in [1.29, 1.82) is 0 Å². The van der Waals surface area contributed by atoms with Crippen molar-refractivity contribution in [2.45, 2.75) is 71.5 Å². The number of amides is 1. The molecule has 7 nitrogen and oxygen atoms in total. The number of aliphatic imine (C=N–C) groups is 1. The molecule has 0 radical (unpaired) electrons. The molecule has 1 fully saturated rings. The van der Waals surface area contributed by atoms with Crippen LogP contribution in [0.25, 0.3) is 0 Å². The van der Waals surface area contributed by atoms with Gasteiger partial charge in [0.05, 0.1) is 30.7 Å². The maximum absolute atomic E-state index is 14.8. The maximum atomic E-state index is 14.8. The second kappa shape index (κ2) is 11.9. The molecule has 0 spiro atoms. The molecular weight excluding hydrogens is 507 g/mol. The Morgan fingerprint density at radius 2 is 2.08 bits per heavy atom. The molecule has 1 aromatic heterocycles. The third kappa shape index (κ3) is 6.16. The molecule has 3 atom stereocenters. The SMILES string of the molecule is CCCC(=Nc1cc(N(C)C(=O)C(C)N2CCOCC2)cc(C(F)(F)P)c1C)c1n[nH]c2c1C[C@H](C)CC2. The van der Waals surface area contributed by atoms with Crippen molar-refractivity contribution < 1.29 is 18.3 Å². The van der Waals surface area contributed by atoms with E-state index in [1.807, 2.05) is 6.92 Å². The van der Waals surface area contributed by atoms with Gasteiger partial charge in [-0.15, -0.1) is 0 Å². The summed E-state index contributed by atoms with van der Waals surface area (Å²) in [5, 5.41) is 7.81. The second-order valence-electron chi connectivity index (χ2n) is 10.7. The zero-order valence-corrected chi connectivity index (χ0v) is 24.3. The Hall–Kier alpha value is -2.22. The van der Waals surface area contributed by atoms with Gasteiger partial charge in [-0.25, -0.2) is 0 Å². The molecule has 10 heteroatoms. The highest BCUT2D eigenvalue weighted by Gasteiger charge is 2.32. The molecule has 1 saturated heterocycles. The molecule has 1 N–H and O–H groups in total. The number of carbonyl (C=O) groups excluding carboxylic acids is 1. The van der Waals surface area contributed by atoms with Crippen LogP contribution >= 0.6 is 9.24 Å². The fraction of sp³-hybridized carbons (Fsp3) is 0.607. The number of hydrogen-bond donors (Lipinski definition) is 1. The highest BCUT2D eigenvalue weighted by Crippen LogP contribution is 2.42. The Bertz CT molecular complexity index is 1190. The van der Waals surface area contributed by atoms with Gasteiger partial charge in [-0.1, -0.05) is 29.5 Å². The Labute approximate surface area is 226 Å². The lowest BCUT2D eigenvalue weighted by Gasteiger charge is -2.34. The van der Waals surface area contributed by atoms with Crippen LogP contribution in [-0.4, -0.2) is 66.1 Å². The molecule has 4 rings (SSSR count). The van der Waals surface area contributed by atoms with Gasteiger partial charge in [-0.2, -0.15) is 13.9 Å². The lowest BCUT2D eigenvalue weighted by Crippen LogP contribution is -2.50. The number of aromatic nitrogens is 2. The maximum Gasteiger partial charge on any atom is 0.284 e. The molecule has 1 amide bonds. The highest BCUT2D eigenvalue weighted by atomic mass is 31.0. The monoisotopic (exact) mass is 547 g/mol. The van der Waals surface area contributed by atoms with Crippen molar-refractivity contribution in [3.8, 4) is 0 Å². The van der Waals surface area contributed by atoms with E-state index in [0.717, 1.165) is 42.8 Å². The van der Waals surface area contributed by atoms with Crippen LogP contribution in [-0.2, 0) is 28.0 Å². The quantitative estimate of drug-likeness (QED) is 0.356. The molecule has 2 aromatic rings. The first-order chi connectivity index (χ1) is 18.0. The van der Waals surface area contributed by atoms with Crippen LogP contribution in [0.2, 0.25) is 0 Å². The fourth-order valence-electron chi connectivity index (χ4n) is 5.39. The van der Waals surface area contributed by atoms with E-state index in [1.165, 1.54) is 16.5 Å². The van der Waals surface area contributed by atoms with Gasteiger partial charge in [0.15, 0.2) is 0 Å². The fourth-order valence-corrected chi connectivity index (χ4v) is 5.69. The third-order valence-electron chi connectivity index (χ3n) is 7.80. The summed E-state index contributed by atoms with van der Waals surface area (Å²) < 4.78 is 35.0. The highest BCUT2D eigenvalue weighted by molar-refractivity contribution is 7.17. The van der Waals surface area contributed by atoms with Gasteiger partial charge in [0.25, 0.3) is 5.66 Å². The molecule has 208 valence electrons. The van der Waals surface area contributed by atoms with E-state index < -0.39 is 11.7 Å². The normalized spacial score (nSPS) is 19.8. The second-order valence-corrected chi connectivity index (χ2v) is 11.4. The first-order valence-electron chi connectivity index (χ1n) is 13.6. The number of hydrogen-bond acceptors (Lipinski definition) is 5. The number of likely N-dealkylation sites (N-methyl/N-ethyl adjacent to an activating group) is 1. The summed E-state index contributed by atoms with van der Waals surface area (Å²) in [6, 6.07) is 2.75. The van der Waals surface area contributed by atoms with Crippen molar-refractivity contribution in [2.24, 2.45) is 10.9 Å². The number of anilines is 1. The third-order valence-corrected chi connectivity index (χ3v) is 8.11. The van der Waals surface area contributed by atoms with Crippen LogP contribution in [0, 0.1) is 12.8 Å². The van der Waals surface area contributed by atoms with Gasteiger partial charge < -0.3 is 9.64 Å². The van der Waals surface area contributed by atoms with E-state index in [0.29, 0.717) is 55.6 Å². The molecule has 1 aliphatic carbocycles. The van der Waals surface area contributed by atoms with Crippen LogP contribution in [0.1, 0.15) is 68.1 Å². The number of aromatic amines is 1. The average molecular weight is 548 g/mol. The van der Waals surface area contributed by atoms with E-state index in [4.69, 9.17) is 9.73 Å². The summed E-state index contributed by atoms with van der Waals surface area (Å²) in [7, 11) is 3.27. The zero-order valence-electron chi connectivity index (χ0n) is 23.1. The van der Waals surface area contributed by atoms with Gasteiger partial charge in [-0.05, 0) is 63.1 Å². The smallest absolute Gasteiger partial charge is 0.284 e. The van der Waals surface area contributed by atoms with Crippen molar-refractivity contribution in [3.05, 3.63) is 40.2 Å². The van der Waals surface area contributed by atoms with Gasteiger partial charge in [-0.3, -0.25) is 19.8 Å². The Morgan fingerprint density at radius 3 is 2.74 bits per heavy atom. The van der Waals surface area contributed by atoms with Gasteiger partial charge in [0, 0.05) is 42.6 Å². The number of fused-ring (bicyclic) bond motifs is 1. The number of rotatable bonds is 8. The van der Waals surface area contributed by atoms with E-state index in [1.54, 1.807) is 29.3 Å². The molecule has 38 heavy (non-hydrogen) atoms. The summed E-state index contributed by atoms with van der Waals surface area (Å²) >= 11 is 0. The van der Waals surface area contributed by atoms with E-state index in [2.05, 4.69) is 28.9 Å². The number of aryl methyl sites for hydroxylation is 1. The Morgan fingerprint density at radius 1 is 1.37 bits per heavy atom. The average Bonchev–Trinajstić information content (AvgIpc) is 3.31. The molecule has 0 saturated carbocycles. The minimum atomic E-state index is -3.17. The van der Waals surface area contributed by atoms with Crippen molar-refractivity contribution in [2.75, 3.05) is 38.3 Å². The van der Waals surface area contributed by atoms with Crippen molar-refractivity contribution in [3.63, 3.8) is 0 Å². The number of carbonyl (C=O) groups is 1. The summed E-state index contributed by atoms with van der Waals surface area (Å²) in [6.07, 6.45) is 4.51. The van der Waals surface area contributed by atoms with E-state index >= 15 is 0 Å². The number of alkyl halides is 2. The first-order valence-corrected chi connectivity index (χ1v) is 14.1. The summed E-state index contributed by atoms with van der Waals surface area (Å²) in [5.41, 5.74) is 1.84. The minimum absolute atomic E-state index is 0.159.